The predicted octanol–water partition coefficient (Wildman–Crippen LogP) is 4.60. The van der Waals surface area contributed by atoms with Crippen molar-refractivity contribution in [2.45, 2.75) is 64.8 Å². The van der Waals surface area contributed by atoms with Gasteiger partial charge in [0.15, 0.2) is 0 Å². The van der Waals surface area contributed by atoms with E-state index in [1.807, 2.05) is 6.92 Å². The predicted molar refractivity (Wildman–Crippen MR) is 134 cm³/mol. The number of hydrogen-bond acceptors (Lipinski definition) is 5. The number of non-ortho nitro benzene ring substituents is 1. The molecular formula is C25H33N3O5S. The number of sulfonamides is 1. The van der Waals surface area contributed by atoms with Gasteiger partial charge in [-0.3, -0.25) is 19.2 Å². The Balaban J connectivity index is 1.65. The first kappa shape index (κ1) is 25.7. The number of nitro benzene ring substituents is 1. The average Bonchev–Trinajstić information content (AvgIpc) is 2.79. The molecule has 0 saturated heterocycles. The van der Waals surface area contributed by atoms with Crippen LogP contribution in [-0.4, -0.2) is 32.0 Å². The number of anilines is 1. The molecule has 0 heterocycles. The number of rotatable bonds is 10. The molecule has 0 radical (unpaired) electrons. The lowest BCUT2D eigenvalue weighted by atomic mass is 9.89. The first-order chi connectivity index (χ1) is 16.1. The molecule has 3 rings (SSSR count). The Kier molecular flexibility index (Phi) is 8.30. The second-order valence-corrected chi connectivity index (χ2v) is 10.8. The second kappa shape index (κ2) is 11.0. The Labute approximate surface area is 201 Å². The number of nitrogens with zero attached hydrogens (tertiary/aromatic N) is 2. The van der Waals surface area contributed by atoms with E-state index in [0.717, 1.165) is 35.4 Å². The van der Waals surface area contributed by atoms with Gasteiger partial charge in [0.2, 0.25) is 15.9 Å². The minimum absolute atomic E-state index is 0.0594. The summed E-state index contributed by atoms with van der Waals surface area (Å²) in [7, 11) is -3.68. The molecule has 0 fully saturated rings. The molecule has 1 N–H and O–H groups in total. The number of nitrogens with one attached hydrogen (secondary N) is 1. The van der Waals surface area contributed by atoms with Crippen molar-refractivity contribution in [3.63, 3.8) is 0 Å². The molecule has 0 saturated carbocycles. The minimum Gasteiger partial charge on any atom is -0.349 e. The van der Waals surface area contributed by atoms with Crippen molar-refractivity contribution in [2.75, 3.05) is 17.1 Å². The molecule has 1 atom stereocenters. The molecule has 9 heteroatoms. The number of nitro groups is 1. The summed E-state index contributed by atoms with van der Waals surface area (Å²) in [5.74, 6) is -0.145. The van der Waals surface area contributed by atoms with E-state index in [-0.39, 0.29) is 36.3 Å². The van der Waals surface area contributed by atoms with Crippen LogP contribution in [0, 0.1) is 17.0 Å². The first-order valence-electron chi connectivity index (χ1n) is 11.7. The van der Waals surface area contributed by atoms with Gasteiger partial charge >= 0.3 is 0 Å². The highest BCUT2D eigenvalue weighted by atomic mass is 32.2. The fraction of sp³-hybridized carbons (Fsp3) is 0.480. The Hall–Kier alpha value is -2.94. The second-order valence-electron chi connectivity index (χ2n) is 8.93. The molecule has 2 aromatic carbocycles. The highest BCUT2D eigenvalue weighted by molar-refractivity contribution is 7.92. The van der Waals surface area contributed by atoms with Gasteiger partial charge in [-0.2, -0.15) is 0 Å². The van der Waals surface area contributed by atoms with E-state index in [0.29, 0.717) is 12.0 Å². The van der Waals surface area contributed by atoms with Crippen molar-refractivity contribution in [1.82, 2.24) is 5.32 Å². The summed E-state index contributed by atoms with van der Waals surface area (Å²) in [4.78, 5) is 23.3. The number of amides is 1. The van der Waals surface area contributed by atoms with Gasteiger partial charge in [0.1, 0.15) is 0 Å². The Bertz CT molecular complexity index is 1160. The third kappa shape index (κ3) is 6.34. The zero-order valence-electron chi connectivity index (χ0n) is 20.0. The van der Waals surface area contributed by atoms with Gasteiger partial charge in [-0.1, -0.05) is 31.2 Å². The van der Waals surface area contributed by atoms with Gasteiger partial charge in [0.25, 0.3) is 5.69 Å². The third-order valence-corrected chi connectivity index (χ3v) is 7.54. The monoisotopic (exact) mass is 487 g/mol. The summed E-state index contributed by atoms with van der Waals surface area (Å²) >= 11 is 0. The molecule has 184 valence electrons. The van der Waals surface area contributed by atoms with Crippen LogP contribution >= 0.6 is 0 Å². The van der Waals surface area contributed by atoms with E-state index in [2.05, 4.69) is 23.5 Å². The van der Waals surface area contributed by atoms with Crippen LogP contribution in [0.3, 0.4) is 0 Å². The van der Waals surface area contributed by atoms with E-state index in [1.54, 1.807) is 6.92 Å². The molecule has 0 bridgehead atoms. The van der Waals surface area contributed by atoms with E-state index >= 15 is 0 Å². The van der Waals surface area contributed by atoms with Gasteiger partial charge in [-0.25, -0.2) is 8.42 Å². The maximum atomic E-state index is 12.7. The van der Waals surface area contributed by atoms with Crippen LogP contribution in [0.15, 0.2) is 36.4 Å². The topological polar surface area (TPSA) is 110 Å². The Morgan fingerprint density at radius 3 is 2.50 bits per heavy atom. The molecular weight excluding hydrogens is 454 g/mol. The van der Waals surface area contributed by atoms with E-state index < -0.39 is 14.9 Å². The SMILES string of the molecule is CCC(NC(=O)CCCN(c1cc([N+](=O)[O-])ccc1C)S(C)(=O)=O)c1ccc2c(c1)CCCC2. The molecule has 34 heavy (non-hydrogen) atoms. The van der Waals surface area contributed by atoms with E-state index in [1.165, 1.54) is 42.2 Å². The van der Waals surface area contributed by atoms with Crippen LogP contribution in [0.5, 0.6) is 0 Å². The van der Waals surface area contributed by atoms with Gasteiger partial charge in [0, 0.05) is 25.1 Å². The summed E-state index contributed by atoms with van der Waals surface area (Å²) in [5, 5.41) is 14.2. The van der Waals surface area contributed by atoms with Crippen LogP contribution in [0.25, 0.3) is 0 Å². The molecule has 1 unspecified atom stereocenters. The maximum absolute atomic E-state index is 12.7. The lowest BCUT2D eigenvalue weighted by molar-refractivity contribution is -0.384. The molecule has 0 aromatic heterocycles. The van der Waals surface area contributed by atoms with Crippen molar-refractivity contribution in [3.05, 3.63) is 68.8 Å². The number of fused-ring (bicyclic) bond motifs is 1. The van der Waals surface area contributed by atoms with Crippen molar-refractivity contribution < 1.29 is 18.1 Å². The quantitative estimate of drug-likeness (QED) is 0.389. The molecule has 1 aliphatic carbocycles. The maximum Gasteiger partial charge on any atom is 0.271 e. The zero-order chi connectivity index (χ0) is 24.9. The zero-order valence-corrected chi connectivity index (χ0v) is 20.9. The normalized spacial score (nSPS) is 14.2. The van der Waals surface area contributed by atoms with Crippen molar-refractivity contribution in [3.8, 4) is 0 Å². The molecule has 0 aliphatic heterocycles. The van der Waals surface area contributed by atoms with E-state index in [9.17, 15) is 23.3 Å². The van der Waals surface area contributed by atoms with Crippen LogP contribution in [0.4, 0.5) is 11.4 Å². The highest BCUT2D eigenvalue weighted by Crippen LogP contribution is 2.28. The summed E-state index contributed by atoms with van der Waals surface area (Å²) < 4.78 is 26.0. The molecule has 2 aromatic rings. The molecule has 8 nitrogen and oxygen atoms in total. The summed E-state index contributed by atoms with van der Waals surface area (Å²) in [6.45, 7) is 3.79. The van der Waals surface area contributed by atoms with Crippen molar-refractivity contribution >= 4 is 27.3 Å². The molecule has 1 amide bonds. The number of carbonyl (C=O) groups excluding carboxylic acids is 1. The summed E-state index contributed by atoms with van der Waals surface area (Å²) in [5.41, 5.74) is 4.56. The fourth-order valence-corrected chi connectivity index (χ4v) is 5.50. The first-order valence-corrected chi connectivity index (χ1v) is 13.6. The molecule has 0 spiro atoms. The van der Waals surface area contributed by atoms with Crippen LogP contribution in [0.1, 0.15) is 67.3 Å². The van der Waals surface area contributed by atoms with Crippen molar-refractivity contribution in [1.29, 1.82) is 0 Å². The third-order valence-electron chi connectivity index (χ3n) is 6.36. The Morgan fingerprint density at radius 1 is 1.15 bits per heavy atom. The van der Waals surface area contributed by atoms with Crippen LogP contribution < -0.4 is 9.62 Å². The van der Waals surface area contributed by atoms with Gasteiger partial charge in [-0.05, 0) is 67.7 Å². The minimum atomic E-state index is -3.68. The van der Waals surface area contributed by atoms with Gasteiger partial charge < -0.3 is 5.32 Å². The smallest absolute Gasteiger partial charge is 0.271 e. The van der Waals surface area contributed by atoms with Crippen LogP contribution in [-0.2, 0) is 27.7 Å². The number of carbonyl (C=O) groups is 1. The summed E-state index contributed by atoms with van der Waals surface area (Å²) in [6.07, 6.45) is 6.87. The Morgan fingerprint density at radius 2 is 1.85 bits per heavy atom. The largest absolute Gasteiger partial charge is 0.349 e. The summed E-state index contributed by atoms with van der Waals surface area (Å²) in [6, 6.07) is 10.5. The lowest BCUT2D eigenvalue weighted by Crippen LogP contribution is -2.33. The van der Waals surface area contributed by atoms with E-state index in [4.69, 9.17) is 0 Å². The van der Waals surface area contributed by atoms with Crippen molar-refractivity contribution in [2.24, 2.45) is 0 Å². The highest BCUT2D eigenvalue weighted by Gasteiger charge is 2.22. The number of benzene rings is 2. The fourth-order valence-electron chi connectivity index (χ4n) is 4.49. The van der Waals surface area contributed by atoms with Crippen LogP contribution in [0.2, 0.25) is 0 Å². The number of hydrogen-bond donors (Lipinski definition) is 1. The number of aryl methyl sites for hydroxylation is 3. The van der Waals surface area contributed by atoms with Gasteiger partial charge in [0.05, 0.1) is 22.9 Å². The lowest BCUT2D eigenvalue weighted by Gasteiger charge is -2.24. The average molecular weight is 488 g/mol. The standard InChI is InChI=1S/C25H33N3O5S/c1-4-23(21-13-12-19-8-5-6-9-20(19)16-21)26-25(29)10-7-15-27(34(3,32)33)24-17-22(28(30)31)14-11-18(24)2/h11-14,16-17,23H,4-10,15H2,1-3H3,(H,26,29). The molecule has 1 aliphatic rings. The van der Waals surface area contributed by atoms with Gasteiger partial charge in [-0.15, -0.1) is 0 Å².